The van der Waals surface area contributed by atoms with Gasteiger partial charge in [0.05, 0.1) is 5.92 Å². The number of carbonyl (C=O) groups excluding carboxylic acids is 1. The van der Waals surface area contributed by atoms with Crippen molar-refractivity contribution in [2.24, 2.45) is 5.92 Å². The Kier molecular flexibility index (Phi) is 5.63. The van der Waals surface area contributed by atoms with E-state index < -0.39 is 0 Å². The van der Waals surface area contributed by atoms with Crippen LogP contribution in [0.5, 0.6) is 0 Å². The SMILES string of the molecule is O=C(Nc1ccc(Br)cc1)[C@@H]1CCCN(Cc2ccc(F)cc2)C1. The van der Waals surface area contributed by atoms with E-state index in [0.717, 1.165) is 48.2 Å². The molecular weight excluding hydrogens is 371 g/mol. The van der Waals surface area contributed by atoms with Gasteiger partial charge in [-0.2, -0.15) is 0 Å². The molecule has 1 fully saturated rings. The van der Waals surface area contributed by atoms with Crippen molar-refractivity contribution in [3.05, 3.63) is 64.4 Å². The molecule has 1 aliphatic rings. The first kappa shape index (κ1) is 17.1. The van der Waals surface area contributed by atoms with Crippen molar-refractivity contribution in [3.8, 4) is 0 Å². The molecule has 0 unspecified atom stereocenters. The Hall–Kier alpha value is -1.72. The molecule has 3 nitrogen and oxygen atoms in total. The molecule has 126 valence electrons. The first-order valence-electron chi connectivity index (χ1n) is 8.13. The van der Waals surface area contributed by atoms with Gasteiger partial charge in [-0.3, -0.25) is 9.69 Å². The highest BCUT2D eigenvalue weighted by molar-refractivity contribution is 9.10. The number of amides is 1. The van der Waals surface area contributed by atoms with Crippen LogP contribution in [0.3, 0.4) is 0 Å². The number of rotatable bonds is 4. The fourth-order valence-electron chi connectivity index (χ4n) is 3.04. The van der Waals surface area contributed by atoms with Gasteiger partial charge in [-0.25, -0.2) is 4.39 Å². The molecule has 0 bridgehead atoms. The summed E-state index contributed by atoms with van der Waals surface area (Å²) in [5.41, 5.74) is 1.89. The number of piperidine rings is 1. The molecule has 1 heterocycles. The summed E-state index contributed by atoms with van der Waals surface area (Å²) in [7, 11) is 0. The highest BCUT2D eigenvalue weighted by Crippen LogP contribution is 2.21. The Balaban J connectivity index is 1.57. The molecule has 1 N–H and O–H groups in total. The van der Waals surface area contributed by atoms with Gasteiger partial charge < -0.3 is 5.32 Å². The quantitative estimate of drug-likeness (QED) is 0.836. The largest absolute Gasteiger partial charge is 0.326 e. The average Bonchev–Trinajstić information content (AvgIpc) is 2.59. The smallest absolute Gasteiger partial charge is 0.228 e. The topological polar surface area (TPSA) is 32.3 Å². The number of nitrogens with one attached hydrogen (secondary N) is 1. The minimum atomic E-state index is -0.218. The van der Waals surface area contributed by atoms with Gasteiger partial charge in [0, 0.05) is 23.2 Å². The summed E-state index contributed by atoms with van der Waals surface area (Å²) in [5, 5.41) is 2.99. The Bertz CT molecular complexity index is 688. The normalized spacial score (nSPS) is 18.3. The summed E-state index contributed by atoms with van der Waals surface area (Å²) < 4.78 is 14.0. The van der Waals surface area contributed by atoms with Gasteiger partial charge in [0.15, 0.2) is 0 Å². The van der Waals surface area contributed by atoms with Gasteiger partial charge in [0.1, 0.15) is 5.82 Å². The van der Waals surface area contributed by atoms with Gasteiger partial charge in [0.25, 0.3) is 0 Å². The second-order valence-electron chi connectivity index (χ2n) is 6.20. The van der Waals surface area contributed by atoms with Crippen LogP contribution in [0.15, 0.2) is 53.0 Å². The summed E-state index contributed by atoms with van der Waals surface area (Å²) >= 11 is 3.39. The van der Waals surface area contributed by atoms with Crippen molar-refractivity contribution in [2.75, 3.05) is 18.4 Å². The zero-order valence-corrected chi connectivity index (χ0v) is 14.9. The maximum Gasteiger partial charge on any atom is 0.228 e. The van der Waals surface area contributed by atoms with Crippen molar-refractivity contribution in [3.63, 3.8) is 0 Å². The molecule has 1 atom stereocenters. The van der Waals surface area contributed by atoms with Crippen molar-refractivity contribution < 1.29 is 9.18 Å². The molecule has 5 heteroatoms. The van der Waals surface area contributed by atoms with Crippen molar-refractivity contribution in [1.29, 1.82) is 0 Å². The van der Waals surface area contributed by atoms with Crippen molar-refractivity contribution >= 4 is 27.5 Å². The molecule has 1 aliphatic heterocycles. The first-order valence-corrected chi connectivity index (χ1v) is 8.93. The van der Waals surface area contributed by atoms with Gasteiger partial charge in [0.2, 0.25) is 5.91 Å². The van der Waals surface area contributed by atoms with E-state index >= 15 is 0 Å². The van der Waals surface area contributed by atoms with E-state index in [0.29, 0.717) is 0 Å². The predicted octanol–water partition coefficient (Wildman–Crippen LogP) is 4.44. The molecule has 2 aromatic carbocycles. The van der Waals surface area contributed by atoms with Crippen molar-refractivity contribution in [1.82, 2.24) is 4.90 Å². The molecule has 1 amide bonds. The third-order valence-corrected chi connectivity index (χ3v) is 4.84. The summed E-state index contributed by atoms with van der Waals surface area (Å²) in [6, 6.07) is 14.2. The Labute approximate surface area is 150 Å². The minimum absolute atomic E-state index is 0.0113. The molecule has 24 heavy (non-hydrogen) atoms. The molecule has 0 aliphatic carbocycles. The van der Waals surface area contributed by atoms with E-state index in [-0.39, 0.29) is 17.6 Å². The van der Waals surface area contributed by atoms with Gasteiger partial charge >= 0.3 is 0 Å². The fraction of sp³-hybridized carbons (Fsp3) is 0.316. The molecule has 0 saturated carbocycles. The number of anilines is 1. The number of likely N-dealkylation sites (tertiary alicyclic amines) is 1. The Morgan fingerprint density at radius 3 is 2.58 bits per heavy atom. The summed E-state index contributed by atoms with van der Waals surface area (Å²) in [6.45, 7) is 2.46. The lowest BCUT2D eigenvalue weighted by atomic mass is 9.96. The second kappa shape index (κ2) is 7.90. The van der Waals surface area contributed by atoms with E-state index in [1.807, 2.05) is 24.3 Å². The van der Waals surface area contributed by atoms with Crippen LogP contribution in [0.2, 0.25) is 0 Å². The van der Waals surface area contributed by atoms with Crippen LogP contribution in [0, 0.1) is 11.7 Å². The molecule has 0 aromatic heterocycles. The van der Waals surface area contributed by atoms with Crippen LogP contribution in [0.25, 0.3) is 0 Å². The molecule has 3 rings (SSSR count). The fourth-order valence-corrected chi connectivity index (χ4v) is 3.30. The molecule has 2 aromatic rings. The third kappa shape index (κ3) is 4.65. The number of carbonyl (C=O) groups is 1. The van der Waals surface area contributed by atoms with Crippen LogP contribution >= 0.6 is 15.9 Å². The monoisotopic (exact) mass is 390 g/mol. The predicted molar refractivity (Wildman–Crippen MR) is 97.2 cm³/mol. The minimum Gasteiger partial charge on any atom is -0.326 e. The number of nitrogens with zero attached hydrogens (tertiary/aromatic N) is 1. The number of hydrogen-bond donors (Lipinski definition) is 1. The molecular formula is C19H20BrFN2O. The van der Waals surface area contributed by atoms with Gasteiger partial charge in [-0.05, 0) is 61.3 Å². The van der Waals surface area contributed by atoms with E-state index in [4.69, 9.17) is 0 Å². The first-order chi connectivity index (χ1) is 11.6. The Morgan fingerprint density at radius 1 is 1.17 bits per heavy atom. The third-order valence-electron chi connectivity index (χ3n) is 4.31. The van der Waals surface area contributed by atoms with E-state index in [2.05, 4.69) is 26.1 Å². The maximum absolute atomic E-state index is 13.0. The van der Waals surface area contributed by atoms with Gasteiger partial charge in [-0.15, -0.1) is 0 Å². The lowest BCUT2D eigenvalue weighted by Gasteiger charge is -2.32. The van der Waals surface area contributed by atoms with Crippen LogP contribution < -0.4 is 5.32 Å². The van der Waals surface area contributed by atoms with Crippen LogP contribution in [0.4, 0.5) is 10.1 Å². The van der Waals surface area contributed by atoms with Crippen LogP contribution in [0.1, 0.15) is 18.4 Å². The van der Waals surface area contributed by atoms with Crippen molar-refractivity contribution in [2.45, 2.75) is 19.4 Å². The lowest BCUT2D eigenvalue weighted by molar-refractivity contribution is -0.121. The second-order valence-corrected chi connectivity index (χ2v) is 7.11. The highest BCUT2D eigenvalue weighted by atomic mass is 79.9. The highest BCUT2D eigenvalue weighted by Gasteiger charge is 2.25. The molecule has 1 saturated heterocycles. The van der Waals surface area contributed by atoms with E-state index in [1.165, 1.54) is 12.1 Å². The molecule has 0 spiro atoms. The zero-order valence-electron chi connectivity index (χ0n) is 13.3. The number of halogens is 2. The van der Waals surface area contributed by atoms with E-state index in [9.17, 15) is 9.18 Å². The van der Waals surface area contributed by atoms with Gasteiger partial charge in [-0.1, -0.05) is 28.1 Å². The average molecular weight is 391 g/mol. The summed E-state index contributed by atoms with van der Waals surface area (Å²) in [4.78, 5) is 14.8. The summed E-state index contributed by atoms with van der Waals surface area (Å²) in [5.74, 6) is -0.159. The Morgan fingerprint density at radius 2 is 1.88 bits per heavy atom. The summed E-state index contributed by atoms with van der Waals surface area (Å²) in [6.07, 6.45) is 1.90. The molecule has 0 radical (unpaired) electrons. The zero-order chi connectivity index (χ0) is 16.9. The standard InChI is InChI=1S/C19H20BrFN2O/c20-16-5-9-18(10-6-16)22-19(24)15-2-1-11-23(13-15)12-14-3-7-17(21)8-4-14/h3-10,15H,1-2,11-13H2,(H,22,24)/t15-/m1/s1. The van der Waals surface area contributed by atoms with E-state index in [1.54, 1.807) is 12.1 Å². The number of benzene rings is 2. The number of hydrogen-bond acceptors (Lipinski definition) is 2. The maximum atomic E-state index is 13.0. The van der Waals surface area contributed by atoms with Crippen LogP contribution in [-0.2, 0) is 11.3 Å². The lowest BCUT2D eigenvalue weighted by Crippen LogP contribution is -2.40. The van der Waals surface area contributed by atoms with Crippen LogP contribution in [-0.4, -0.2) is 23.9 Å².